The van der Waals surface area contributed by atoms with Crippen molar-refractivity contribution in [1.29, 1.82) is 0 Å². The number of aryl methyl sites for hydroxylation is 1. The fraction of sp³-hybridized carbons (Fsp3) is 0.133. The highest BCUT2D eigenvalue weighted by Gasteiger charge is 2.05. The van der Waals surface area contributed by atoms with Crippen molar-refractivity contribution in [3.8, 4) is 0 Å². The van der Waals surface area contributed by atoms with Gasteiger partial charge in [0.2, 0.25) is 0 Å². The van der Waals surface area contributed by atoms with Gasteiger partial charge in [0.15, 0.2) is 5.13 Å². The summed E-state index contributed by atoms with van der Waals surface area (Å²) in [6.07, 6.45) is 4.34. The highest BCUT2D eigenvalue weighted by Crippen LogP contribution is 2.22. The van der Waals surface area contributed by atoms with Crippen molar-refractivity contribution in [3.05, 3.63) is 58.9 Å². The Kier molecular flexibility index (Phi) is 3.79. The number of nitrogens with one attached hydrogen (secondary N) is 1. The predicted octanol–water partition coefficient (Wildman–Crippen LogP) is 3.16. The second-order valence-electron chi connectivity index (χ2n) is 4.68. The zero-order valence-electron chi connectivity index (χ0n) is 11.6. The number of nitrogens with zero attached hydrogens (tertiary/aromatic N) is 3. The molecular weight excluding hydrogens is 282 g/mol. The number of hydrogen-bond acceptors (Lipinski definition) is 6. The van der Waals surface area contributed by atoms with E-state index < -0.39 is 0 Å². The van der Waals surface area contributed by atoms with Gasteiger partial charge in [0, 0.05) is 29.4 Å². The molecule has 0 aliphatic rings. The fourth-order valence-electron chi connectivity index (χ4n) is 2.01. The van der Waals surface area contributed by atoms with E-state index in [1.54, 1.807) is 17.5 Å². The van der Waals surface area contributed by atoms with E-state index in [2.05, 4.69) is 20.3 Å². The van der Waals surface area contributed by atoms with Crippen LogP contribution in [0, 0.1) is 6.92 Å². The van der Waals surface area contributed by atoms with Gasteiger partial charge in [-0.1, -0.05) is 6.07 Å². The molecule has 3 aromatic rings. The molecule has 0 aliphatic heterocycles. The van der Waals surface area contributed by atoms with Gasteiger partial charge in [0.05, 0.1) is 0 Å². The summed E-state index contributed by atoms with van der Waals surface area (Å²) in [4.78, 5) is 14.0. The third-order valence-corrected chi connectivity index (χ3v) is 3.70. The first kappa shape index (κ1) is 13.5. The molecule has 0 saturated heterocycles. The van der Waals surface area contributed by atoms with Gasteiger partial charge < -0.3 is 11.1 Å². The molecule has 5 nitrogen and oxygen atoms in total. The third kappa shape index (κ3) is 3.55. The van der Waals surface area contributed by atoms with E-state index in [-0.39, 0.29) is 0 Å². The van der Waals surface area contributed by atoms with Crippen LogP contribution in [0.25, 0.3) is 0 Å². The van der Waals surface area contributed by atoms with Crippen LogP contribution in [-0.2, 0) is 6.42 Å². The Labute approximate surface area is 126 Å². The van der Waals surface area contributed by atoms with Gasteiger partial charge in [-0.15, -0.1) is 11.3 Å². The number of anilines is 3. The molecule has 3 rings (SSSR count). The Hall–Kier alpha value is -2.47. The minimum Gasteiger partial charge on any atom is -0.384 e. The van der Waals surface area contributed by atoms with Crippen LogP contribution in [0.3, 0.4) is 0 Å². The molecule has 0 aromatic carbocycles. The van der Waals surface area contributed by atoms with Crippen LogP contribution in [0.4, 0.5) is 16.8 Å². The number of nitrogen functional groups attached to an aromatic ring is 1. The summed E-state index contributed by atoms with van der Waals surface area (Å²) in [5, 5.41) is 4.00. The van der Waals surface area contributed by atoms with E-state index in [0.29, 0.717) is 11.6 Å². The molecule has 3 heterocycles. The Morgan fingerprint density at radius 3 is 2.86 bits per heavy atom. The molecule has 0 fully saturated rings. The average Bonchev–Trinajstić information content (AvgIpc) is 2.84. The lowest BCUT2D eigenvalue weighted by atomic mass is 10.1. The number of thiazole rings is 1. The van der Waals surface area contributed by atoms with Gasteiger partial charge in [0.1, 0.15) is 11.6 Å². The van der Waals surface area contributed by atoms with Gasteiger partial charge in [0.25, 0.3) is 0 Å². The van der Waals surface area contributed by atoms with Crippen molar-refractivity contribution in [2.75, 3.05) is 11.1 Å². The number of hydrogen-bond donors (Lipinski definition) is 2. The van der Waals surface area contributed by atoms with Crippen molar-refractivity contribution in [3.63, 3.8) is 0 Å². The molecule has 6 heteroatoms. The molecular formula is C15H15N5S. The molecule has 0 amide bonds. The second kappa shape index (κ2) is 5.88. The maximum absolute atomic E-state index is 5.88. The fourth-order valence-corrected chi connectivity index (χ4v) is 2.68. The van der Waals surface area contributed by atoms with Crippen LogP contribution in [-0.4, -0.2) is 15.0 Å². The maximum atomic E-state index is 5.88. The van der Waals surface area contributed by atoms with Gasteiger partial charge in [-0.25, -0.2) is 9.97 Å². The first-order chi connectivity index (χ1) is 10.2. The van der Waals surface area contributed by atoms with E-state index in [9.17, 15) is 0 Å². The molecule has 0 spiro atoms. The van der Waals surface area contributed by atoms with E-state index in [0.717, 1.165) is 27.7 Å². The second-order valence-corrected chi connectivity index (χ2v) is 5.92. The molecule has 0 bridgehead atoms. The van der Waals surface area contributed by atoms with Crippen molar-refractivity contribution < 1.29 is 0 Å². The van der Waals surface area contributed by atoms with Gasteiger partial charge in [-0.2, -0.15) is 0 Å². The van der Waals surface area contributed by atoms with Crippen LogP contribution in [0.2, 0.25) is 0 Å². The summed E-state index contributed by atoms with van der Waals surface area (Å²) in [6, 6.07) is 9.72. The van der Waals surface area contributed by atoms with Crippen LogP contribution >= 0.6 is 11.3 Å². The predicted molar refractivity (Wildman–Crippen MR) is 85.8 cm³/mol. The quantitative estimate of drug-likeness (QED) is 0.773. The molecule has 0 atom stereocenters. The largest absolute Gasteiger partial charge is 0.384 e. The van der Waals surface area contributed by atoms with Crippen LogP contribution in [0.5, 0.6) is 0 Å². The molecule has 21 heavy (non-hydrogen) atoms. The number of pyridine rings is 2. The average molecular weight is 297 g/mol. The van der Waals surface area contributed by atoms with Crippen LogP contribution < -0.4 is 11.1 Å². The minimum absolute atomic E-state index is 0.485. The number of rotatable bonds is 4. The first-order valence-electron chi connectivity index (χ1n) is 6.55. The summed E-state index contributed by atoms with van der Waals surface area (Å²) in [7, 11) is 0. The molecule has 3 N–H and O–H groups in total. The number of nitrogens with two attached hydrogens (primary N) is 1. The monoisotopic (exact) mass is 297 g/mol. The molecule has 0 saturated carbocycles. The Balaban J connectivity index is 1.82. The molecule has 3 aromatic heterocycles. The standard InChI is InChI=1S/C15H15N5S/c1-10-9-18-15(21-10)20-14-8-11(7-13(16)19-14)6-12-4-2-3-5-17-12/h2-5,7-9H,6H2,1H3,(H3,16,18,19,20). The van der Waals surface area contributed by atoms with Gasteiger partial charge in [-0.3, -0.25) is 4.98 Å². The lowest BCUT2D eigenvalue weighted by Crippen LogP contribution is -2.00. The SMILES string of the molecule is Cc1cnc(Nc2cc(Cc3ccccn3)cc(N)n2)s1. The number of aromatic nitrogens is 3. The Bertz CT molecular complexity index is 739. The summed E-state index contributed by atoms with van der Waals surface area (Å²) < 4.78 is 0. The van der Waals surface area contributed by atoms with Crippen LogP contribution in [0.15, 0.2) is 42.7 Å². The topological polar surface area (TPSA) is 76.7 Å². The van der Waals surface area contributed by atoms with Crippen molar-refractivity contribution in [2.24, 2.45) is 0 Å². The summed E-state index contributed by atoms with van der Waals surface area (Å²) in [5.41, 5.74) is 7.95. The van der Waals surface area contributed by atoms with Crippen molar-refractivity contribution in [1.82, 2.24) is 15.0 Å². The van der Waals surface area contributed by atoms with E-state index in [4.69, 9.17) is 5.73 Å². The highest BCUT2D eigenvalue weighted by molar-refractivity contribution is 7.15. The molecule has 0 aliphatic carbocycles. The normalized spacial score (nSPS) is 10.5. The summed E-state index contributed by atoms with van der Waals surface area (Å²) >= 11 is 1.58. The van der Waals surface area contributed by atoms with Crippen molar-refractivity contribution in [2.45, 2.75) is 13.3 Å². The Morgan fingerprint density at radius 2 is 2.14 bits per heavy atom. The first-order valence-corrected chi connectivity index (χ1v) is 7.36. The smallest absolute Gasteiger partial charge is 0.188 e. The summed E-state index contributed by atoms with van der Waals surface area (Å²) in [5.74, 6) is 1.19. The minimum atomic E-state index is 0.485. The molecule has 0 unspecified atom stereocenters. The molecule has 0 radical (unpaired) electrons. The van der Waals surface area contributed by atoms with Crippen LogP contribution in [0.1, 0.15) is 16.1 Å². The van der Waals surface area contributed by atoms with E-state index in [1.807, 2.05) is 43.5 Å². The highest BCUT2D eigenvalue weighted by atomic mass is 32.1. The van der Waals surface area contributed by atoms with E-state index >= 15 is 0 Å². The summed E-state index contributed by atoms with van der Waals surface area (Å²) in [6.45, 7) is 2.02. The molecule has 106 valence electrons. The lowest BCUT2D eigenvalue weighted by Gasteiger charge is -2.07. The van der Waals surface area contributed by atoms with Gasteiger partial charge >= 0.3 is 0 Å². The maximum Gasteiger partial charge on any atom is 0.188 e. The van der Waals surface area contributed by atoms with Crippen molar-refractivity contribution >= 4 is 28.1 Å². The lowest BCUT2D eigenvalue weighted by molar-refractivity contribution is 1.07. The van der Waals surface area contributed by atoms with Gasteiger partial charge in [-0.05, 0) is 36.8 Å². The zero-order chi connectivity index (χ0) is 14.7. The third-order valence-electron chi connectivity index (χ3n) is 2.87. The van der Waals surface area contributed by atoms with E-state index in [1.165, 1.54) is 0 Å². The zero-order valence-corrected chi connectivity index (χ0v) is 12.4. The Morgan fingerprint density at radius 1 is 1.24 bits per heavy atom.